The Bertz CT molecular complexity index is 284. The average Bonchev–Trinajstić information content (AvgIpc) is 2.38. The fourth-order valence-electron chi connectivity index (χ4n) is 3.09. The molecule has 2 heteroatoms. The molecular formula is C12H17ClO. The second-order valence-corrected chi connectivity index (χ2v) is 5.61. The van der Waals surface area contributed by atoms with Crippen molar-refractivity contribution < 1.29 is 4.79 Å². The van der Waals surface area contributed by atoms with Crippen LogP contribution in [0, 0.1) is 23.2 Å². The molecule has 1 nitrogen and oxygen atoms in total. The summed E-state index contributed by atoms with van der Waals surface area (Å²) in [5.41, 5.74) is 0.178. The lowest BCUT2D eigenvalue weighted by atomic mass is 9.77. The number of fused-ring (bicyclic) bond motifs is 2. The average molecular weight is 213 g/mol. The molecule has 2 aliphatic carbocycles. The number of rotatable bonds is 2. The smallest absolute Gasteiger partial charge is 0.120 e. The number of carbonyl (C=O) groups excluding carboxylic acids is 1. The molecule has 0 unspecified atom stereocenters. The Labute approximate surface area is 90.5 Å². The van der Waals surface area contributed by atoms with Crippen LogP contribution in [0.4, 0.5) is 0 Å². The maximum Gasteiger partial charge on any atom is 0.120 e. The molecule has 2 bridgehead atoms. The molecule has 0 N–H and O–H groups in total. The van der Waals surface area contributed by atoms with Crippen LogP contribution in [0.3, 0.4) is 0 Å². The van der Waals surface area contributed by atoms with Gasteiger partial charge in [-0.05, 0) is 36.0 Å². The van der Waals surface area contributed by atoms with Gasteiger partial charge in [0.25, 0.3) is 0 Å². The summed E-state index contributed by atoms with van der Waals surface area (Å²) in [5.74, 6) is 1.73. The summed E-state index contributed by atoms with van der Waals surface area (Å²) in [4.78, 5) is 10.7. The van der Waals surface area contributed by atoms with Gasteiger partial charge < -0.3 is 4.79 Å². The largest absolute Gasteiger partial charge is 0.303 e. The van der Waals surface area contributed by atoms with Crippen LogP contribution in [0.25, 0.3) is 0 Å². The Kier molecular flexibility index (Phi) is 2.46. The van der Waals surface area contributed by atoms with Crippen LogP contribution < -0.4 is 0 Å². The minimum absolute atomic E-state index is 0.178. The van der Waals surface area contributed by atoms with Gasteiger partial charge in [0.2, 0.25) is 0 Å². The third kappa shape index (κ3) is 1.42. The van der Waals surface area contributed by atoms with Crippen molar-refractivity contribution in [2.45, 2.75) is 33.1 Å². The predicted molar refractivity (Wildman–Crippen MR) is 58.1 cm³/mol. The van der Waals surface area contributed by atoms with E-state index in [9.17, 15) is 4.79 Å². The normalized spacial score (nSPS) is 46.2. The number of halogens is 1. The molecule has 0 heterocycles. The summed E-state index contributed by atoms with van der Waals surface area (Å²) in [6.45, 7) is 4.43. The Balaban J connectivity index is 2.26. The molecule has 0 aromatic carbocycles. The van der Waals surface area contributed by atoms with Crippen molar-refractivity contribution >= 4 is 17.9 Å². The van der Waals surface area contributed by atoms with Gasteiger partial charge in [-0.3, -0.25) is 0 Å². The molecule has 2 aliphatic rings. The van der Waals surface area contributed by atoms with E-state index < -0.39 is 0 Å². The molecule has 1 fully saturated rings. The first-order valence-electron chi connectivity index (χ1n) is 5.37. The Morgan fingerprint density at radius 1 is 1.71 bits per heavy atom. The molecule has 1 saturated carbocycles. The van der Waals surface area contributed by atoms with E-state index in [4.69, 9.17) is 11.6 Å². The topological polar surface area (TPSA) is 17.1 Å². The molecule has 0 spiro atoms. The zero-order valence-electron chi connectivity index (χ0n) is 8.79. The first kappa shape index (κ1) is 10.2. The van der Waals surface area contributed by atoms with Crippen molar-refractivity contribution in [1.82, 2.24) is 0 Å². The summed E-state index contributed by atoms with van der Waals surface area (Å²) in [5, 5.41) is 1.01. The SMILES string of the molecule is C[C@H]1C(Cl)=C[C@H]2C[C@@H]1C[C@@]2(C)CC=O. The van der Waals surface area contributed by atoms with Gasteiger partial charge in [0.1, 0.15) is 6.29 Å². The minimum atomic E-state index is 0.178. The number of hydrogen-bond donors (Lipinski definition) is 0. The van der Waals surface area contributed by atoms with Gasteiger partial charge in [-0.25, -0.2) is 0 Å². The van der Waals surface area contributed by atoms with E-state index >= 15 is 0 Å². The van der Waals surface area contributed by atoms with E-state index in [1.54, 1.807) is 0 Å². The Morgan fingerprint density at radius 3 is 3.07 bits per heavy atom. The molecule has 4 atom stereocenters. The molecular weight excluding hydrogens is 196 g/mol. The van der Waals surface area contributed by atoms with Gasteiger partial charge in [-0.15, -0.1) is 0 Å². The van der Waals surface area contributed by atoms with Crippen molar-refractivity contribution in [3.05, 3.63) is 11.1 Å². The van der Waals surface area contributed by atoms with E-state index in [1.807, 2.05) is 0 Å². The number of allylic oxidation sites excluding steroid dienone is 2. The Hall–Kier alpha value is -0.300. The standard InChI is InChI=1S/C12H17ClO/c1-8-9-5-10(6-11(8)13)12(2,7-9)3-4-14/h4,6,8-10H,3,5,7H2,1-2H3/t8-,9-,10-,12-/m1/s1. The summed E-state index contributed by atoms with van der Waals surface area (Å²) >= 11 is 6.20. The third-order valence-electron chi connectivity index (χ3n) is 4.23. The van der Waals surface area contributed by atoms with Crippen LogP contribution in [-0.2, 0) is 4.79 Å². The number of hydrogen-bond acceptors (Lipinski definition) is 1. The maximum absolute atomic E-state index is 10.7. The minimum Gasteiger partial charge on any atom is -0.303 e. The van der Waals surface area contributed by atoms with Crippen LogP contribution in [-0.4, -0.2) is 6.29 Å². The highest BCUT2D eigenvalue weighted by atomic mass is 35.5. The zero-order chi connectivity index (χ0) is 10.3. The number of carbonyl (C=O) groups is 1. The van der Waals surface area contributed by atoms with Crippen LogP contribution in [0.2, 0.25) is 0 Å². The number of aldehydes is 1. The van der Waals surface area contributed by atoms with Crippen LogP contribution >= 0.6 is 11.6 Å². The summed E-state index contributed by atoms with van der Waals surface area (Å²) in [7, 11) is 0. The van der Waals surface area contributed by atoms with Gasteiger partial charge in [0.15, 0.2) is 0 Å². The van der Waals surface area contributed by atoms with Crippen molar-refractivity contribution in [2.75, 3.05) is 0 Å². The van der Waals surface area contributed by atoms with Crippen LogP contribution in [0.1, 0.15) is 33.1 Å². The second-order valence-electron chi connectivity index (χ2n) is 5.17. The first-order valence-corrected chi connectivity index (χ1v) is 5.75. The summed E-state index contributed by atoms with van der Waals surface area (Å²) < 4.78 is 0. The molecule has 0 aliphatic heterocycles. The Morgan fingerprint density at radius 2 is 2.43 bits per heavy atom. The second kappa shape index (κ2) is 3.37. The monoisotopic (exact) mass is 212 g/mol. The van der Waals surface area contributed by atoms with Gasteiger partial charge in [-0.1, -0.05) is 31.5 Å². The molecule has 0 amide bonds. The molecule has 2 rings (SSSR count). The molecule has 0 saturated heterocycles. The summed E-state index contributed by atoms with van der Waals surface area (Å²) in [6, 6.07) is 0. The fraction of sp³-hybridized carbons (Fsp3) is 0.750. The fourth-order valence-corrected chi connectivity index (χ4v) is 3.42. The molecule has 0 radical (unpaired) electrons. The lowest BCUT2D eigenvalue weighted by molar-refractivity contribution is -0.109. The highest BCUT2D eigenvalue weighted by Gasteiger charge is 2.47. The van der Waals surface area contributed by atoms with E-state index in [0.29, 0.717) is 24.2 Å². The highest BCUT2D eigenvalue weighted by molar-refractivity contribution is 6.29. The van der Waals surface area contributed by atoms with Crippen molar-refractivity contribution in [3.63, 3.8) is 0 Å². The summed E-state index contributed by atoms with van der Waals surface area (Å²) in [6.07, 6.45) is 6.32. The highest BCUT2D eigenvalue weighted by Crippen LogP contribution is 2.56. The molecule has 78 valence electrons. The van der Waals surface area contributed by atoms with Crippen molar-refractivity contribution in [3.8, 4) is 0 Å². The van der Waals surface area contributed by atoms with Crippen LogP contribution in [0.15, 0.2) is 11.1 Å². The quantitative estimate of drug-likeness (QED) is 0.642. The lowest BCUT2D eigenvalue weighted by Crippen LogP contribution is -2.20. The van der Waals surface area contributed by atoms with E-state index in [0.717, 1.165) is 17.7 Å². The van der Waals surface area contributed by atoms with E-state index in [1.165, 1.54) is 6.42 Å². The van der Waals surface area contributed by atoms with E-state index in [2.05, 4.69) is 19.9 Å². The van der Waals surface area contributed by atoms with Gasteiger partial charge >= 0.3 is 0 Å². The molecule has 0 aromatic heterocycles. The van der Waals surface area contributed by atoms with Gasteiger partial charge in [0, 0.05) is 11.5 Å². The predicted octanol–water partition coefficient (Wildman–Crippen LogP) is 3.38. The lowest BCUT2D eigenvalue weighted by Gasteiger charge is -2.27. The molecule has 0 aromatic rings. The third-order valence-corrected chi connectivity index (χ3v) is 4.70. The maximum atomic E-state index is 10.7. The molecule has 14 heavy (non-hydrogen) atoms. The van der Waals surface area contributed by atoms with E-state index in [-0.39, 0.29) is 5.41 Å². The van der Waals surface area contributed by atoms with Crippen LogP contribution in [0.5, 0.6) is 0 Å². The van der Waals surface area contributed by atoms with Gasteiger partial charge in [0.05, 0.1) is 0 Å². The van der Waals surface area contributed by atoms with Gasteiger partial charge in [-0.2, -0.15) is 0 Å². The zero-order valence-corrected chi connectivity index (χ0v) is 9.55. The van der Waals surface area contributed by atoms with Crippen molar-refractivity contribution in [1.29, 1.82) is 0 Å². The first-order chi connectivity index (χ1) is 6.57. The van der Waals surface area contributed by atoms with Crippen molar-refractivity contribution in [2.24, 2.45) is 23.2 Å².